The van der Waals surface area contributed by atoms with Crippen LogP contribution in [0.5, 0.6) is 0 Å². The van der Waals surface area contributed by atoms with Crippen LogP contribution in [0, 0.1) is 5.92 Å². The van der Waals surface area contributed by atoms with Crippen molar-refractivity contribution in [2.45, 2.75) is 44.4 Å². The Morgan fingerprint density at radius 3 is 2.67 bits per heavy atom. The van der Waals surface area contributed by atoms with E-state index in [9.17, 15) is 4.79 Å². The van der Waals surface area contributed by atoms with Crippen LogP contribution in [0.1, 0.15) is 42.4 Å². The van der Waals surface area contributed by atoms with Gasteiger partial charge in [-0.1, -0.05) is 24.3 Å². The first-order chi connectivity index (χ1) is 14.6. The molecule has 6 heteroatoms. The number of aromatic nitrogens is 1. The summed E-state index contributed by atoms with van der Waals surface area (Å²) >= 11 is 0. The second-order valence-electron chi connectivity index (χ2n) is 8.90. The van der Waals surface area contributed by atoms with E-state index in [1.165, 1.54) is 16.7 Å². The maximum Gasteiger partial charge on any atom is 0.225 e. The lowest BCUT2D eigenvalue weighted by Gasteiger charge is -2.41. The maximum atomic E-state index is 13.2. The Kier molecular flexibility index (Phi) is 5.21. The fraction of sp³-hybridized carbons (Fsp3) is 0.500. The summed E-state index contributed by atoms with van der Waals surface area (Å²) in [7, 11) is 0. The molecular formula is C24H30N4O2. The fourth-order valence-corrected chi connectivity index (χ4v) is 5.33. The summed E-state index contributed by atoms with van der Waals surface area (Å²) in [5, 5.41) is 0. The van der Waals surface area contributed by atoms with Crippen LogP contribution in [0.4, 0.5) is 5.82 Å². The average molecular weight is 407 g/mol. The van der Waals surface area contributed by atoms with Gasteiger partial charge in [0.1, 0.15) is 5.82 Å². The first-order valence-corrected chi connectivity index (χ1v) is 11.1. The second-order valence-corrected chi connectivity index (χ2v) is 8.90. The highest BCUT2D eigenvalue weighted by molar-refractivity contribution is 5.79. The highest BCUT2D eigenvalue weighted by atomic mass is 16.5. The summed E-state index contributed by atoms with van der Waals surface area (Å²) in [5.41, 5.74) is 9.44. The molecule has 0 bridgehead atoms. The molecule has 1 aromatic carbocycles. The van der Waals surface area contributed by atoms with Gasteiger partial charge in [0.05, 0.1) is 12.2 Å². The lowest BCUT2D eigenvalue weighted by atomic mass is 9.83. The molecule has 1 aromatic heterocycles. The number of likely N-dealkylation sites (tertiary alicyclic amines) is 2. The van der Waals surface area contributed by atoms with Crippen LogP contribution in [0.3, 0.4) is 0 Å². The molecule has 0 aliphatic carbocycles. The zero-order valence-corrected chi connectivity index (χ0v) is 17.4. The van der Waals surface area contributed by atoms with E-state index in [-0.39, 0.29) is 11.5 Å². The molecule has 2 fully saturated rings. The van der Waals surface area contributed by atoms with Crippen molar-refractivity contribution >= 4 is 11.7 Å². The summed E-state index contributed by atoms with van der Waals surface area (Å²) in [4.78, 5) is 21.7. The molecule has 6 nitrogen and oxygen atoms in total. The number of nitrogens with two attached hydrogens (primary N) is 1. The molecular weight excluding hydrogens is 376 g/mol. The van der Waals surface area contributed by atoms with Gasteiger partial charge in [0.25, 0.3) is 0 Å². The van der Waals surface area contributed by atoms with Crippen LogP contribution >= 0.6 is 0 Å². The van der Waals surface area contributed by atoms with Gasteiger partial charge in [0.2, 0.25) is 5.91 Å². The summed E-state index contributed by atoms with van der Waals surface area (Å²) < 4.78 is 6.25. The molecule has 3 aliphatic rings. The van der Waals surface area contributed by atoms with Gasteiger partial charge in [-0.25, -0.2) is 4.98 Å². The maximum absolute atomic E-state index is 13.2. The third kappa shape index (κ3) is 3.70. The fourth-order valence-electron chi connectivity index (χ4n) is 5.33. The minimum absolute atomic E-state index is 0.148. The smallest absolute Gasteiger partial charge is 0.225 e. The number of ether oxygens (including phenoxy) is 1. The molecule has 1 amide bonds. The zero-order valence-electron chi connectivity index (χ0n) is 17.4. The van der Waals surface area contributed by atoms with Gasteiger partial charge in [-0.3, -0.25) is 9.69 Å². The van der Waals surface area contributed by atoms with Crippen LogP contribution in [0.2, 0.25) is 0 Å². The number of hydrogen-bond donors (Lipinski definition) is 1. The Labute approximate surface area is 178 Å². The number of anilines is 1. The summed E-state index contributed by atoms with van der Waals surface area (Å²) in [5.74, 6) is 1.05. The molecule has 3 aliphatic heterocycles. The summed E-state index contributed by atoms with van der Waals surface area (Å²) in [6, 6.07) is 12.5. The number of rotatable bonds is 3. The van der Waals surface area contributed by atoms with E-state index < -0.39 is 0 Å². The number of amides is 1. The number of hydrogen-bond acceptors (Lipinski definition) is 5. The molecule has 158 valence electrons. The number of nitrogens with zero attached hydrogens (tertiary/aromatic N) is 3. The molecule has 0 atom stereocenters. The van der Waals surface area contributed by atoms with Crippen molar-refractivity contribution in [2.75, 3.05) is 31.9 Å². The molecule has 0 radical (unpaired) electrons. The molecule has 5 rings (SSSR count). The van der Waals surface area contributed by atoms with E-state index >= 15 is 0 Å². The van der Waals surface area contributed by atoms with E-state index in [1.807, 2.05) is 12.1 Å². The van der Waals surface area contributed by atoms with Crippen molar-refractivity contribution in [1.82, 2.24) is 14.8 Å². The number of benzene rings is 1. The van der Waals surface area contributed by atoms with Crippen LogP contribution < -0.4 is 5.73 Å². The van der Waals surface area contributed by atoms with Gasteiger partial charge in [-0.05, 0) is 67.6 Å². The zero-order chi connectivity index (χ0) is 20.6. The van der Waals surface area contributed by atoms with Crippen LogP contribution in [0.15, 0.2) is 42.6 Å². The lowest BCUT2D eigenvalue weighted by molar-refractivity contribution is -0.144. The van der Waals surface area contributed by atoms with Crippen molar-refractivity contribution in [1.29, 1.82) is 0 Å². The number of nitrogen functional groups attached to an aromatic ring is 1. The Balaban J connectivity index is 1.14. The van der Waals surface area contributed by atoms with Crippen molar-refractivity contribution in [3.8, 4) is 0 Å². The van der Waals surface area contributed by atoms with Crippen LogP contribution in [-0.4, -0.2) is 46.9 Å². The lowest BCUT2D eigenvalue weighted by Crippen LogP contribution is -2.48. The molecule has 2 saturated heterocycles. The van der Waals surface area contributed by atoms with Crippen molar-refractivity contribution in [3.05, 3.63) is 59.3 Å². The van der Waals surface area contributed by atoms with Crippen LogP contribution in [-0.2, 0) is 28.3 Å². The first-order valence-electron chi connectivity index (χ1n) is 11.1. The minimum Gasteiger partial charge on any atom is -0.384 e. The number of piperidine rings is 2. The van der Waals surface area contributed by atoms with Crippen molar-refractivity contribution in [3.63, 3.8) is 0 Å². The number of carbonyl (C=O) groups is 1. The van der Waals surface area contributed by atoms with Gasteiger partial charge in [0.15, 0.2) is 0 Å². The van der Waals surface area contributed by atoms with Gasteiger partial charge in [0, 0.05) is 31.7 Å². The Morgan fingerprint density at radius 1 is 1.13 bits per heavy atom. The molecule has 0 unspecified atom stereocenters. The summed E-state index contributed by atoms with van der Waals surface area (Å²) in [6.45, 7) is 5.06. The molecule has 0 saturated carbocycles. The van der Waals surface area contributed by atoms with Crippen molar-refractivity contribution in [2.24, 2.45) is 5.92 Å². The Bertz CT molecular complexity index is 915. The molecule has 30 heavy (non-hydrogen) atoms. The molecule has 1 spiro atoms. The summed E-state index contributed by atoms with van der Waals surface area (Å²) in [6.07, 6.45) is 5.42. The van der Waals surface area contributed by atoms with Gasteiger partial charge in [-0.2, -0.15) is 0 Å². The third-order valence-electron chi connectivity index (χ3n) is 7.08. The number of carbonyl (C=O) groups excluding carboxylic acids is 1. The number of pyridine rings is 1. The Hall–Kier alpha value is -2.44. The van der Waals surface area contributed by atoms with E-state index in [0.717, 1.165) is 58.4 Å². The van der Waals surface area contributed by atoms with Crippen molar-refractivity contribution < 1.29 is 9.53 Å². The van der Waals surface area contributed by atoms with Gasteiger partial charge in [-0.15, -0.1) is 0 Å². The highest BCUT2D eigenvalue weighted by Crippen LogP contribution is 2.44. The second kappa shape index (κ2) is 8.00. The minimum atomic E-state index is -0.177. The standard InChI is InChI=1S/C24H30N4O2/c25-22-15-18(5-10-26-22)16-27-11-6-19(7-12-27)23(29)28-13-8-24(9-14-28)21-4-2-1-3-20(21)17-30-24/h1-5,10,15,19H,6-9,11-14,16-17H2,(H2,25,26). The van der Waals surface area contributed by atoms with Crippen LogP contribution in [0.25, 0.3) is 0 Å². The molecule has 2 aromatic rings. The topological polar surface area (TPSA) is 71.7 Å². The molecule has 2 N–H and O–H groups in total. The SMILES string of the molecule is Nc1cc(CN2CCC(C(=O)N3CCC4(CC3)OCc3ccccc34)CC2)ccn1. The monoisotopic (exact) mass is 406 g/mol. The highest BCUT2D eigenvalue weighted by Gasteiger charge is 2.43. The van der Waals surface area contributed by atoms with E-state index in [4.69, 9.17) is 10.5 Å². The number of fused-ring (bicyclic) bond motifs is 2. The molecule has 4 heterocycles. The quantitative estimate of drug-likeness (QED) is 0.849. The van der Waals surface area contributed by atoms with Gasteiger partial charge >= 0.3 is 0 Å². The van der Waals surface area contributed by atoms with Gasteiger partial charge < -0.3 is 15.4 Å². The largest absolute Gasteiger partial charge is 0.384 e. The first kappa shape index (κ1) is 19.5. The normalized spacial score (nSPS) is 21.7. The average Bonchev–Trinajstić information content (AvgIpc) is 3.13. The predicted molar refractivity (Wildman–Crippen MR) is 115 cm³/mol. The van der Waals surface area contributed by atoms with E-state index in [0.29, 0.717) is 18.3 Å². The third-order valence-corrected chi connectivity index (χ3v) is 7.08. The Morgan fingerprint density at radius 2 is 1.90 bits per heavy atom. The predicted octanol–water partition coefficient (Wildman–Crippen LogP) is 2.92. The van der Waals surface area contributed by atoms with E-state index in [1.54, 1.807) is 6.20 Å². The van der Waals surface area contributed by atoms with E-state index in [2.05, 4.69) is 39.0 Å².